The number of aromatic nitrogens is 2. The van der Waals surface area contributed by atoms with Gasteiger partial charge < -0.3 is 20.6 Å². The lowest BCUT2D eigenvalue weighted by atomic mass is 10.1. The van der Waals surface area contributed by atoms with Gasteiger partial charge in [-0.1, -0.05) is 18.7 Å². The Bertz CT molecular complexity index is 1040. The van der Waals surface area contributed by atoms with Crippen molar-refractivity contribution in [3.63, 3.8) is 0 Å². The molecule has 1 aromatic heterocycles. The zero-order valence-electron chi connectivity index (χ0n) is 18.4. The van der Waals surface area contributed by atoms with Crippen LogP contribution in [-0.4, -0.2) is 52.1 Å². The van der Waals surface area contributed by atoms with E-state index in [1.165, 1.54) is 0 Å². The van der Waals surface area contributed by atoms with E-state index in [0.29, 0.717) is 23.8 Å². The predicted molar refractivity (Wildman–Crippen MR) is 123 cm³/mol. The normalized spacial score (nSPS) is 14.2. The third-order valence-corrected chi connectivity index (χ3v) is 5.20. The number of nitrogens with one attached hydrogen (secondary N) is 2. The van der Waals surface area contributed by atoms with E-state index < -0.39 is 6.04 Å². The van der Waals surface area contributed by atoms with Crippen LogP contribution in [0.2, 0.25) is 0 Å². The molecular formula is C24H28N6O2. The molecule has 3 N–H and O–H groups in total. The molecule has 0 bridgehead atoms. The third-order valence-electron chi connectivity index (χ3n) is 5.20. The summed E-state index contributed by atoms with van der Waals surface area (Å²) < 4.78 is 0. The SMILES string of the molecule is C=C/C(=C\N(C)CCO)Nc1ncc(C)c(-c2ccc(C(=O)N[C@H](C#N)C3CC3)cc2)n1. The number of hydrogen-bond acceptors (Lipinski definition) is 7. The summed E-state index contributed by atoms with van der Waals surface area (Å²) in [6.07, 6.45) is 7.18. The monoisotopic (exact) mass is 432 g/mol. The number of nitriles is 1. The van der Waals surface area contributed by atoms with Crippen LogP contribution >= 0.6 is 0 Å². The predicted octanol–water partition coefficient (Wildman–Crippen LogP) is 2.85. The summed E-state index contributed by atoms with van der Waals surface area (Å²) in [7, 11) is 1.85. The van der Waals surface area contributed by atoms with Crippen LogP contribution < -0.4 is 10.6 Å². The first-order chi connectivity index (χ1) is 15.4. The van der Waals surface area contributed by atoms with Crippen molar-refractivity contribution >= 4 is 11.9 Å². The minimum Gasteiger partial charge on any atom is -0.395 e. The lowest BCUT2D eigenvalue weighted by Crippen LogP contribution is -2.35. The molecule has 8 heteroatoms. The molecule has 3 rings (SSSR count). The third kappa shape index (κ3) is 5.93. The zero-order chi connectivity index (χ0) is 23.1. The number of aliphatic hydroxyl groups is 1. The lowest BCUT2D eigenvalue weighted by Gasteiger charge is -2.15. The van der Waals surface area contributed by atoms with Gasteiger partial charge in [-0.25, -0.2) is 9.97 Å². The second kappa shape index (κ2) is 10.6. The fraction of sp³-hybridized carbons (Fsp3) is 0.333. The van der Waals surface area contributed by atoms with Crippen molar-refractivity contribution in [1.29, 1.82) is 5.26 Å². The fourth-order valence-corrected chi connectivity index (χ4v) is 3.21. The van der Waals surface area contributed by atoms with Crippen LogP contribution in [0.5, 0.6) is 0 Å². The fourth-order valence-electron chi connectivity index (χ4n) is 3.21. The molecule has 1 fully saturated rings. The van der Waals surface area contributed by atoms with Crippen LogP contribution in [0.25, 0.3) is 11.3 Å². The zero-order valence-corrected chi connectivity index (χ0v) is 18.4. The van der Waals surface area contributed by atoms with Crippen LogP contribution in [0.3, 0.4) is 0 Å². The van der Waals surface area contributed by atoms with Crippen LogP contribution in [0.1, 0.15) is 28.8 Å². The van der Waals surface area contributed by atoms with Crippen LogP contribution in [0.4, 0.5) is 5.95 Å². The number of aryl methyl sites for hydroxylation is 1. The number of allylic oxidation sites excluding steroid dienone is 1. The van der Waals surface area contributed by atoms with Crippen molar-refractivity contribution in [2.75, 3.05) is 25.5 Å². The van der Waals surface area contributed by atoms with Gasteiger partial charge >= 0.3 is 0 Å². The number of amides is 1. The first-order valence-electron chi connectivity index (χ1n) is 10.5. The van der Waals surface area contributed by atoms with Gasteiger partial charge in [0.25, 0.3) is 5.91 Å². The maximum Gasteiger partial charge on any atom is 0.252 e. The summed E-state index contributed by atoms with van der Waals surface area (Å²) in [6, 6.07) is 8.89. The molecule has 1 aliphatic rings. The first-order valence-corrected chi connectivity index (χ1v) is 10.5. The molecule has 8 nitrogen and oxygen atoms in total. The standard InChI is InChI=1S/C24H28N6O2/c1-4-20(15-30(3)11-12-31)27-24-26-14-16(2)22(29-24)18-7-9-19(10-8-18)23(32)28-21(13-25)17-5-6-17/h4,7-10,14-15,17,21,31H,1,5-6,11-12H2,2-3H3,(H,28,32)(H,26,27,29)/b20-15+/t21-/m1/s1. The van der Waals surface area contributed by atoms with Crippen molar-refractivity contribution in [3.05, 3.63) is 66.1 Å². The lowest BCUT2D eigenvalue weighted by molar-refractivity contribution is 0.0942. The number of anilines is 1. The van der Waals surface area contributed by atoms with E-state index in [4.69, 9.17) is 5.11 Å². The molecule has 1 saturated carbocycles. The van der Waals surface area contributed by atoms with Crippen molar-refractivity contribution < 1.29 is 9.90 Å². The molecule has 0 saturated heterocycles. The summed E-state index contributed by atoms with van der Waals surface area (Å²) in [6.45, 7) is 6.27. The smallest absolute Gasteiger partial charge is 0.252 e. The molecule has 1 aliphatic carbocycles. The molecule has 0 aliphatic heterocycles. The summed E-state index contributed by atoms with van der Waals surface area (Å²) in [5.41, 5.74) is 3.70. The Morgan fingerprint density at radius 2 is 2.12 bits per heavy atom. The summed E-state index contributed by atoms with van der Waals surface area (Å²) in [5, 5.41) is 24.2. The largest absolute Gasteiger partial charge is 0.395 e. The Balaban J connectivity index is 1.75. The quantitative estimate of drug-likeness (QED) is 0.495. The van der Waals surface area contributed by atoms with Gasteiger partial charge in [0.05, 0.1) is 24.1 Å². The highest BCUT2D eigenvalue weighted by Gasteiger charge is 2.32. The molecule has 1 amide bonds. The van der Waals surface area contributed by atoms with Crippen LogP contribution in [0.15, 0.2) is 55.0 Å². The molecule has 0 unspecified atom stereocenters. The number of carbonyl (C=O) groups is 1. The second-order valence-electron chi connectivity index (χ2n) is 7.84. The van der Waals surface area contributed by atoms with Crippen molar-refractivity contribution in [1.82, 2.24) is 20.2 Å². The number of aliphatic hydroxyl groups excluding tert-OH is 1. The van der Waals surface area contributed by atoms with Crippen LogP contribution in [-0.2, 0) is 0 Å². The van der Waals surface area contributed by atoms with E-state index in [0.717, 1.165) is 29.7 Å². The Hall–Kier alpha value is -3.70. The maximum atomic E-state index is 12.5. The molecule has 2 aromatic rings. The average molecular weight is 433 g/mol. The van der Waals surface area contributed by atoms with Gasteiger partial charge in [-0.2, -0.15) is 5.26 Å². The van der Waals surface area contributed by atoms with Crippen molar-refractivity contribution in [2.24, 2.45) is 5.92 Å². The Morgan fingerprint density at radius 3 is 2.72 bits per heavy atom. The molecule has 1 aromatic carbocycles. The number of nitrogens with zero attached hydrogens (tertiary/aromatic N) is 4. The molecule has 1 atom stereocenters. The van der Waals surface area contributed by atoms with E-state index in [-0.39, 0.29) is 18.4 Å². The van der Waals surface area contributed by atoms with Gasteiger partial charge in [0.1, 0.15) is 6.04 Å². The molecular weight excluding hydrogens is 404 g/mol. The number of rotatable bonds is 10. The van der Waals surface area contributed by atoms with Gasteiger partial charge in [-0.15, -0.1) is 0 Å². The highest BCUT2D eigenvalue weighted by molar-refractivity contribution is 5.95. The molecule has 32 heavy (non-hydrogen) atoms. The highest BCUT2D eigenvalue weighted by Crippen LogP contribution is 2.32. The topological polar surface area (TPSA) is 114 Å². The summed E-state index contributed by atoms with van der Waals surface area (Å²) >= 11 is 0. The Kier molecular flexibility index (Phi) is 7.58. The van der Waals surface area contributed by atoms with E-state index in [9.17, 15) is 10.1 Å². The molecule has 1 heterocycles. The van der Waals surface area contributed by atoms with Gasteiger partial charge in [0.2, 0.25) is 5.95 Å². The van der Waals surface area contributed by atoms with Crippen molar-refractivity contribution in [2.45, 2.75) is 25.8 Å². The van der Waals surface area contributed by atoms with E-state index >= 15 is 0 Å². The van der Waals surface area contributed by atoms with E-state index in [2.05, 4.69) is 33.2 Å². The molecule has 166 valence electrons. The van der Waals surface area contributed by atoms with Gasteiger partial charge in [-0.05, 0) is 49.5 Å². The number of benzene rings is 1. The van der Waals surface area contributed by atoms with Gasteiger partial charge in [0.15, 0.2) is 0 Å². The Morgan fingerprint density at radius 1 is 1.41 bits per heavy atom. The minimum absolute atomic E-state index is 0.0500. The maximum absolute atomic E-state index is 12.5. The number of carbonyl (C=O) groups excluding carboxylic acids is 1. The number of hydrogen-bond donors (Lipinski definition) is 3. The Labute approximate surface area is 188 Å². The summed E-state index contributed by atoms with van der Waals surface area (Å²) in [5.74, 6) is 0.442. The van der Waals surface area contributed by atoms with E-state index in [1.807, 2.05) is 37.2 Å². The average Bonchev–Trinajstić information content (AvgIpc) is 3.63. The molecule has 0 radical (unpaired) electrons. The number of likely N-dealkylation sites (N-methyl/N-ethyl adjacent to an activating group) is 1. The summed E-state index contributed by atoms with van der Waals surface area (Å²) in [4.78, 5) is 23.3. The van der Waals surface area contributed by atoms with Crippen LogP contribution in [0, 0.1) is 24.2 Å². The highest BCUT2D eigenvalue weighted by atomic mass is 16.3. The first kappa shape index (κ1) is 23.0. The van der Waals surface area contributed by atoms with Crippen molar-refractivity contribution in [3.8, 4) is 17.3 Å². The van der Waals surface area contributed by atoms with Gasteiger partial charge in [-0.3, -0.25) is 4.79 Å². The van der Waals surface area contributed by atoms with Gasteiger partial charge in [0, 0.05) is 37.1 Å². The molecule has 0 spiro atoms. The second-order valence-corrected chi connectivity index (χ2v) is 7.84. The minimum atomic E-state index is -0.427. The van der Waals surface area contributed by atoms with E-state index in [1.54, 1.807) is 24.4 Å².